The summed E-state index contributed by atoms with van der Waals surface area (Å²) in [6.45, 7) is 0.836. The minimum absolute atomic E-state index is 0.107. The highest BCUT2D eigenvalue weighted by Gasteiger charge is 2.28. The lowest BCUT2D eigenvalue weighted by Crippen LogP contribution is -2.46. The molecule has 0 spiro atoms. The average Bonchev–Trinajstić information content (AvgIpc) is 2.27. The third-order valence-electron chi connectivity index (χ3n) is 3.02. The van der Waals surface area contributed by atoms with E-state index in [2.05, 4.69) is 12.1 Å². The standard InChI is InChI=1S/C12H16N2O/c1-13-9-8-11(14(2)12(13)15)10-6-4-3-5-7-10/h3-7,11H,8-9H2,1-2H3. The summed E-state index contributed by atoms with van der Waals surface area (Å²) in [5.41, 5.74) is 1.22. The van der Waals surface area contributed by atoms with Crippen LogP contribution in [-0.2, 0) is 0 Å². The van der Waals surface area contributed by atoms with Crippen LogP contribution in [0.4, 0.5) is 4.79 Å². The van der Waals surface area contributed by atoms with Crippen molar-refractivity contribution in [2.45, 2.75) is 12.5 Å². The number of benzene rings is 1. The van der Waals surface area contributed by atoms with E-state index in [4.69, 9.17) is 0 Å². The van der Waals surface area contributed by atoms with Crippen LogP contribution in [0.25, 0.3) is 0 Å². The van der Waals surface area contributed by atoms with Crippen LogP contribution < -0.4 is 0 Å². The first-order valence-corrected chi connectivity index (χ1v) is 5.23. The number of rotatable bonds is 1. The van der Waals surface area contributed by atoms with Crippen molar-refractivity contribution in [3.63, 3.8) is 0 Å². The second-order valence-electron chi connectivity index (χ2n) is 4.03. The van der Waals surface area contributed by atoms with Crippen LogP contribution in [0.1, 0.15) is 18.0 Å². The van der Waals surface area contributed by atoms with Gasteiger partial charge in [0.2, 0.25) is 0 Å². The van der Waals surface area contributed by atoms with Crippen LogP contribution in [0, 0.1) is 0 Å². The lowest BCUT2D eigenvalue weighted by atomic mass is 10.0. The van der Waals surface area contributed by atoms with E-state index in [-0.39, 0.29) is 12.1 Å². The summed E-state index contributed by atoms with van der Waals surface area (Å²) in [5.74, 6) is 0. The van der Waals surface area contributed by atoms with Gasteiger partial charge in [0.25, 0.3) is 0 Å². The van der Waals surface area contributed by atoms with Crippen LogP contribution in [0.5, 0.6) is 0 Å². The van der Waals surface area contributed by atoms with Crippen molar-refractivity contribution in [3.05, 3.63) is 35.9 Å². The summed E-state index contributed by atoms with van der Waals surface area (Å²) in [6.07, 6.45) is 1.00. The van der Waals surface area contributed by atoms with Gasteiger partial charge in [-0.3, -0.25) is 0 Å². The van der Waals surface area contributed by atoms with Gasteiger partial charge in [-0.1, -0.05) is 30.3 Å². The van der Waals surface area contributed by atoms with Gasteiger partial charge in [0.05, 0.1) is 6.04 Å². The van der Waals surface area contributed by atoms with E-state index in [1.165, 1.54) is 5.56 Å². The first-order valence-electron chi connectivity index (χ1n) is 5.23. The zero-order valence-corrected chi connectivity index (χ0v) is 9.18. The number of nitrogens with zero attached hydrogens (tertiary/aromatic N) is 2. The van der Waals surface area contributed by atoms with Crippen LogP contribution in [0.15, 0.2) is 30.3 Å². The molecule has 2 amide bonds. The molecule has 15 heavy (non-hydrogen) atoms. The summed E-state index contributed by atoms with van der Waals surface area (Å²) in [5, 5.41) is 0. The molecule has 1 atom stereocenters. The maximum absolute atomic E-state index is 11.8. The highest BCUT2D eigenvalue weighted by molar-refractivity contribution is 5.75. The zero-order chi connectivity index (χ0) is 10.8. The maximum atomic E-state index is 11.8. The Morgan fingerprint density at radius 1 is 1.20 bits per heavy atom. The molecule has 1 aromatic carbocycles. The number of urea groups is 1. The first kappa shape index (κ1) is 10.0. The minimum atomic E-state index is 0.107. The Hall–Kier alpha value is -1.51. The SMILES string of the molecule is CN1CCC(c2ccccc2)N(C)C1=O. The number of hydrogen-bond donors (Lipinski definition) is 0. The van der Waals surface area contributed by atoms with Gasteiger partial charge in [-0.25, -0.2) is 4.79 Å². The molecule has 0 aliphatic carbocycles. The quantitative estimate of drug-likeness (QED) is 0.687. The Labute approximate surface area is 90.3 Å². The summed E-state index contributed by atoms with van der Waals surface area (Å²) in [4.78, 5) is 15.3. The summed E-state index contributed by atoms with van der Waals surface area (Å²) < 4.78 is 0. The molecule has 1 heterocycles. The molecule has 1 saturated heterocycles. The van der Waals surface area contributed by atoms with Crippen molar-refractivity contribution in [1.82, 2.24) is 9.80 Å². The molecular formula is C12H16N2O. The van der Waals surface area contributed by atoms with Gasteiger partial charge in [0.15, 0.2) is 0 Å². The highest BCUT2D eigenvalue weighted by atomic mass is 16.2. The number of hydrogen-bond acceptors (Lipinski definition) is 1. The Morgan fingerprint density at radius 2 is 1.87 bits per heavy atom. The number of carbonyl (C=O) groups is 1. The summed E-state index contributed by atoms with van der Waals surface area (Å²) in [7, 11) is 3.72. The molecule has 0 aromatic heterocycles. The van der Waals surface area contributed by atoms with Gasteiger partial charge < -0.3 is 9.80 Å². The Balaban J connectivity index is 2.21. The van der Waals surface area contributed by atoms with Crippen molar-refractivity contribution in [2.75, 3.05) is 20.6 Å². The number of amides is 2. The van der Waals surface area contributed by atoms with E-state index >= 15 is 0 Å². The van der Waals surface area contributed by atoms with Gasteiger partial charge >= 0.3 is 6.03 Å². The van der Waals surface area contributed by atoms with E-state index in [1.54, 1.807) is 4.90 Å². The van der Waals surface area contributed by atoms with Crippen molar-refractivity contribution >= 4 is 6.03 Å². The van der Waals surface area contributed by atoms with Gasteiger partial charge in [-0.15, -0.1) is 0 Å². The second-order valence-corrected chi connectivity index (χ2v) is 4.03. The molecule has 0 bridgehead atoms. The lowest BCUT2D eigenvalue weighted by Gasteiger charge is -2.37. The fourth-order valence-corrected chi connectivity index (χ4v) is 2.07. The Bertz CT molecular complexity index is 350. The minimum Gasteiger partial charge on any atom is -0.328 e. The van der Waals surface area contributed by atoms with Crippen LogP contribution in [0.2, 0.25) is 0 Å². The third kappa shape index (κ3) is 1.82. The van der Waals surface area contributed by atoms with Gasteiger partial charge in [0, 0.05) is 20.6 Å². The fourth-order valence-electron chi connectivity index (χ4n) is 2.07. The molecule has 0 saturated carbocycles. The highest BCUT2D eigenvalue weighted by Crippen LogP contribution is 2.27. The van der Waals surface area contributed by atoms with Crippen molar-refractivity contribution < 1.29 is 4.79 Å². The first-order chi connectivity index (χ1) is 7.20. The molecule has 1 unspecified atom stereocenters. The van der Waals surface area contributed by atoms with E-state index in [0.29, 0.717) is 0 Å². The molecule has 2 rings (SSSR count). The second kappa shape index (κ2) is 3.93. The van der Waals surface area contributed by atoms with E-state index in [9.17, 15) is 4.79 Å². The average molecular weight is 204 g/mol. The van der Waals surface area contributed by atoms with Gasteiger partial charge in [-0.05, 0) is 12.0 Å². The molecule has 1 aromatic rings. The lowest BCUT2D eigenvalue weighted by molar-refractivity contribution is 0.124. The zero-order valence-electron chi connectivity index (χ0n) is 9.18. The van der Waals surface area contributed by atoms with Crippen LogP contribution >= 0.6 is 0 Å². The van der Waals surface area contributed by atoms with Crippen molar-refractivity contribution in [2.24, 2.45) is 0 Å². The van der Waals surface area contributed by atoms with Crippen LogP contribution in [0.3, 0.4) is 0 Å². The summed E-state index contributed by atoms with van der Waals surface area (Å²) >= 11 is 0. The smallest absolute Gasteiger partial charge is 0.319 e. The van der Waals surface area contributed by atoms with E-state index < -0.39 is 0 Å². The van der Waals surface area contributed by atoms with Gasteiger partial charge in [-0.2, -0.15) is 0 Å². The molecular weight excluding hydrogens is 188 g/mol. The van der Waals surface area contributed by atoms with Crippen molar-refractivity contribution in [1.29, 1.82) is 0 Å². The molecule has 80 valence electrons. The predicted molar refractivity (Wildman–Crippen MR) is 59.6 cm³/mol. The molecule has 1 aliphatic rings. The topological polar surface area (TPSA) is 23.6 Å². The van der Waals surface area contributed by atoms with E-state index in [1.807, 2.05) is 37.2 Å². The Morgan fingerprint density at radius 3 is 2.53 bits per heavy atom. The van der Waals surface area contributed by atoms with Crippen molar-refractivity contribution in [3.8, 4) is 0 Å². The summed E-state index contributed by atoms with van der Waals surface area (Å²) in [6, 6.07) is 10.5. The predicted octanol–water partition coefficient (Wildman–Crippen LogP) is 2.12. The molecule has 1 fully saturated rings. The maximum Gasteiger partial charge on any atom is 0.319 e. The largest absolute Gasteiger partial charge is 0.328 e. The van der Waals surface area contributed by atoms with Gasteiger partial charge in [0.1, 0.15) is 0 Å². The molecule has 0 N–H and O–H groups in total. The molecule has 3 heteroatoms. The third-order valence-corrected chi connectivity index (χ3v) is 3.02. The fraction of sp³-hybridized carbons (Fsp3) is 0.417. The monoisotopic (exact) mass is 204 g/mol. The van der Waals surface area contributed by atoms with E-state index in [0.717, 1.165) is 13.0 Å². The van der Waals surface area contributed by atoms with Crippen LogP contribution in [-0.4, -0.2) is 36.5 Å². The molecule has 3 nitrogen and oxygen atoms in total. The Kier molecular flexibility index (Phi) is 2.62. The normalized spacial score (nSPS) is 22.0. The molecule has 0 radical (unpaired) electrons. The number of carbonyl (C=O) groups excluding carboxylic acids is 1. The molecule has 1 aliphatic heterocycles.